The van der Waals surface area contributed by atoms with Crippen LogP contribution in [-0.2, 0) is 16.1 Å². The fraction of sp³-hybridized carbons (Fsp3) is 0.667. The second-order valence-corrected chi connectivity index (χ2v) is 4.35. The quantitative estimate of drug-likeness (QED) is 0.789. The van der Waals surface area contributed by atoms with Crippen molar-refractivity contribution >= 4 is 5.78 Å². The van der Waals surface area contributed by atoms with Gasteiger partial charge in [0.25, 0.3) is 0 Å². The van der Waals surface area contributed by atoms with E-state index in [2.05, 4.69) is 5.16 Å². The average molecular weight is 223 g/mol. The molecule has 0 bridgehead atoms. The van der Waals surface area contributed by atoms with Crippen molar-refractivity contribution < 1.29 is 14.1 Å². The minimum atomic E-state index is 0.214. The maximum absolute atomic E-state index is 11.1. The first-order valence-electron chi connectivity index (χ1n) is 5.72. The summed E-state index contributed by atoms with van der Waals surface area (Å²) in [5, 5.41) is 3.88. The minimum absolute atomic E-state index is 0.214. The van der Waals surface area contributed by atoms with Crippen molar-refractivity contribution in [2.24, 2.45) is 0 Å². The Kier molecular flexibility index (Phi) is 3.39. The Morgan fingerprint density at radius 2 is 2.06 bits per heavy atom. The van der Waals surface area contributed by atoms with Crippen LogP contribution in [0, 0.1) is 13.8 Å². The highest BCUT2D eigenvalue weighted by Crippen LogP contribution is 2.21. The summed E-state index contributed by atoms with van der Waals surface area (Å²) in [6.45, 7) is 4.35. The van der Waals surface area contributed by atoms with Crippen molar-refractivity contribution in [3.8, 4) is 0 Å². The zero-order valence-electron chi connectivity index (χ0n) is 9.78. The Balaban J connectivity index is 1.86. The van der Waals surface area contributed by atoms with Crippen LogP contribution >= 0.6 is 0 Å². The van der Waals surface area contributed by atoms with E-state index in [1.54, 1.807) is 0 Å². The summed E-state index contributed by atoms with van der Waals surface area (Å²) >= 11 is 0. The molecule has 0 aromatic carbocycles. The predicted molar refractivity (Wildman–Crippen MR) is 58.0 cm³/mol. The number of ketones is 1. The van der Waals surface area contributed by atoms with Gasteiger partial charge in [0.2, 0.25) is 0 Å². The number of hydrogen-bond acceptors (Lipinski definition) is 4. The first-order valence-corrected chi connectivity index (χ1v) is 5.72. The van der Waals surface area contributed by atoms with Gasteiger partial charge in [-0.05, 0) is 26.7 Å². The van der Waals surface area contributed by atoms with Crippen molar-refractivity contribution in [1.82, 2.24) is 5.16 Å². The molecule has 0 radical (unpaired) electrons. The summed E-state index contributed by atoms with van der Waals surface area (Å²) in [6.07, 6.45) is 3.23. The molecule has 0 atom stereocenters. The van der Waals surface area contributed by atoms with Crippen LogP contribution in [-0.4, -0.2) is 17.0 Å². The molecular weight excluding hydrogens is 206 g/mol. The number of nitrogens with zero attached hydrogens (tertiary/aromatic N) is 1. The number of carbonyl (C=O) groups excluding carboxylic acids is 1. The van der Waals surface area contributed by atoms with Gasteiger partial charge in [-0.2, -0.15) is 0 Å². The predicted octanol–water partition coefficient (Wildman–Crippen LogP) is 2.32. The number of rotatable bonds is 3. The molecule has 0 aliphatic heterocycles. The van der Waals surface area contributed by atoms with Crippen molar-refractivity contribution in [3.05, 3.63) is 17.0 Å². The van der Waals surface area contributed by atoms with Crippen molar-refractivity contribution in [2.75, 3.05) is 0 Å². The van der Waals surface area contributed by atoms with Crippen LogP contribution < -0.4 is 0 Å². The molecule has 2 rings (SSSR count). The van der Waals surface area contributed by atoms with E-state index in [0.717, 1.165) is 29.9 Å². The number of Topliss-reactive ketones (excluding diaryl/α,β-unsaturated/α-hetero) is 1. The summed E-state index contributed by atoms with van der Waals surface area (Å²) in [5.41, 5.74) is 1.93. The second-order valence-electron chi connectivity index (χ2n) is 4.35. The molecule has 0 N–H and O–H groups in total. The summed E-state index contributed by atoms with van der Waals surface area (Å²) in [4.78, 5) is 11.1. The van der Waals surface area contributed by atoms with Crippen molar-refractivity contribution in [2.45, 2.75) is 52.2 Å². The highest BCUT2D eigenvalue weighted by molar-refractivity contribution is 5.79. The van der Waals surface area contributed by atoms with Gasteiger partial charge in [-0.15, -0.1) is 0 Å². The van der Waals surface area contributed by atoms with Gasteiger partial charge in [0.15, 0.2) is 0 Å². The maximum atomic E-state index is 11.1. The fourth-order valence-electron chi connectivity index (χ4n) is 1.99. The number of ether oxygens (including phenoxy) is 1. The SMILES string of the molecule is Cc1noc(C)c1COC1CCC(=O)CC1. The minimum Gasteiger partial charge on any atom is -0.373 e. The molecule has 4 nitrogen and oxygen atoms in total. The van der Waals surface area contributed by atoms with Gasteiger partial charge >= 0.3 is 0 Å². The summed E-state index contributed by atoms with van der Waals surface area (Å²) in [5.74, 6) is 1.18. The molecule has 0 unspecified atom stereocenters. The Bertz CT molecular complexity index is 354. The van der Waals surface area contributed by atoms with Crippen LogP contribution in [0.15, 0.2) is 4.52 Å². The number of aromatic nitrogens is 1. The van der Waals surface area contributed by atoms with Gasteiger partial charge in [0.05, 0.1) is 18.4 Å². The molecule has 0 spiro atoms. The smallest absolute Gasteiger partial charge is 0.139 e. The van der Waals surface area contributed by atoms with Gasteiger partial charge in [-0.25, -0.2) is 0 Å². The van der Waals surface area contributed by atoms with Crippen LogP contribution in [0.2, 0.25) is 0 Å². The number of carbonyl (C=O) groups is 1. The van der Waals surface area contributed by atoms with Gasteiger partial charge < -0.3 is 9.26 Å². The molecule has 1 aliphatic carbocycles. The van der Waals surface area contributed by atoms with E-state index in [4.69, 9.17) is 9.26 Å². The largest absolute Gasteiger partial charge is 0.373 e. The van der Waals surface area contributed by atoms with E-state index in [1.807, 2.05) is 13.8 Å². The van der Waals surface area contributed by atoms with Crippen LogP contribution in [0.25, 0.3) is 0 Å². The zero-order valence-corrected chi connectivity index (χ0v) is 9.78. The molecule has 1 saturated carbocycles. The Morgan fingerprint density at radius 3 is 2.62 bits per heavy atom. The molecule has 1 aliphatic rings. The lowest BCUT2D eigenvalue weighted by Crippen LogP contribution is -2.21. The van der Waals surface area contributed by atoms with Crippen LogP contribution in [0.3, 0.4) is 0 Å². The van der Waals surface area contributed by atoms with Gasteiger partial charge in [-0.3, -0.25) is 4.79 Å². The summed E-state index contributed by atoms with van der Waals surface area (Å²) in [6, 6.07) is 0. The normalized spacial score (nSPS) is 18.0. The molecule has 0 saturated heterocycles. The number of hydrogen-bond donors (Lipinski definition) is 0. The highest BCUT2D eigenvalue weighted by Gasteiger charge is 2.20. The molecule has 1 fully saturated rings. The fourth-order valence-corrected chi connectivity index (χ4v) is 1.99. The number of aryl methyl sites for hydroxylation is 2. The molecule has 16 heavy (non-hydrogen) atoms. The monoisotopic (exact) mass is 223 g/mol. The van der Waals surface area contributed by atoms with E-state index in [0.29, 0.717) is 25.2 Å². The molecule has 88 valence electrons. The van der Waals surface area contributed by atoms with Crippen LogP contribution in [0.5, 0.6) is 0 Å². The van der Waals surface area contributed by atoms with Gasteiger partial charge in [0, 0.05) is 18.4 Å². The Hall–Kier alpha value is -1.16. The van der Waals surface area contributed by atoms with E-state index in [9.17, 15) is 4.79 Å². The first kappa shape index (κ1) is 11.3. The lowest BCUT2D eigenvalue weighted by atomic mass is 9.96. The summed E-state index contributed by atoms with van der Waals surface area (Å²) in [7, 11) is 0. The van der Waals surface area contributed by atoms with E-state index < -0.39 is 0 Å². The molecule has 0 amide bonds. The molecular formula is C12H17NO3. The second kappa shape index (κ2) is 4.78. The lowest BCUT2D eigenvalue weighted by Gasteiger charge is -2.21. The maximum Gasteiger partial charge on any atom is 0.139 e. The van der Waals surface area contributed by atoms with Gasteiger partial charge in [0.1, 0.15) is 11.5 Å². The van der Waals surface area contributed by atoms with E-state index in [1.165, 1.54) is 0 Å². The van der Waals surface area contributed by atoms with Crippen LogP contribution in [0.4, 0.5) is 0 Å². The Labute approximate surface area is 95.0 Å². The standard InChI is InChI=1S/C12H17NO3/c1-8-12(9(2)16-13-8)7-15-11-5-3-10(14)4-6-11/h11H,3-7H2,1-2H3. The topological polar surface area (TPSA) is 52.3 Å². The lowest BCUT2D eigenvalue weighted by molar-refractivity contribution is -0.123. The third kappa shape index (κ3) is 2.50. The average Bonchev–Trinajstić information content (AvgIpc) is 2.59. The van der Waals surface area contributed by atoms with Crippen molar-refractivity contribution in [3.63, 3.8) is 0 Å². The third-order valence-corrected chi connectivity index (χ3v) is 3.13. The molecule has 1 heterocycles. The van der Waals surface area contributed by atoms with Crippen LogP contribution in [0.1, 0.15) is 42.7 Å². The zero-order chi connectivity index (χ0) is 11.5. The first-order chi connectivity index (χ1) is 7.66. The van der Waals surface area contributed by atoms with E-state index in [-0.39, 0.29) is 6.10 Å². The van der Waals surface area contributed by atoms with E-state index >= 15 is 0 Å². The van der Waals surface area contributed by atoms with Gasteiger partial charge in [-0.1, -0.05) is 5.16 Å². The van der Waals surface area contributed by atoms with Crippen molar-refractivity contribution in [1.29, 1.82) is 0 Å². The molecule has 1 aromatic rings. The summed E-state index contributed by atoms with van der Waals surface area (Å²) < 4.78 is 10.9. The molecule has 4 heteroatoms. The highest BCUT2D eigenvalue weighted by atomic mass is 16.5. The third-order valence-electron chi connectivity index (χ3n) is 3.13. The molecule has 1 aromatic heterocycles. The Morgan fingerprint density at radius 1 is 1.38 bits per heavy atom.